The normalized spacial score (nSPS) is 16.6. The van der Waals surface area contributed by atoms with Gasteiger partial charge in [-0.2, -0.15) is 0 Å². The zero-order chi connectivity index (χ0) is 19.8. The van der Waals surface area contributed by atoms with Crippen LogP contribution < -0.4 is 11.2 Å². The highest BCUT2D eigenvalue weighted by Crippen LogP contribution is 2.28. The molecule has 1 N–H and O–H groups in total. The maximum absolute atomic E-state index is 13.0. The Morgan fingerprint density at radius 3 is 2.82 bits per heavy atom. The lowest BCUT2D eigenvalue weighted by molar-refractivity contribution is -0.132. The van der Waals surface area contributed by atoms with E-state index in [1.54, 1.807) is 29.2 Å². The smallest absolute Gasteiger partial charge is 0.329 e. The standard InChI is InChI=1S/C21H20ClN3O3/c1-13-11-24(9-8-14-6-7-15(22)10-17(13)14)19(26)12-25-18-5-3-2-4-16(18)20(27)23-21(25)28/h2-7,10,13H,8-9,11-12H2,1H3,(H,23,27,28). The molecule has 1 amide bonds. The van der Waals surface area contributed by atoms with E-state index in [0.29, 0.717) is 29.0 Å². The highest BCUT2D eigenvalue weighted by atomic mass is 35.5. The molecule has 7 heteroatoms. The molecule has 2 heterocycles. The van der Waals surface area contributed by atoms with Crippen LogP contribution in [0.5, 0.6) is 0 Å². The number of benzene rings is 2. The van der Waals surface area contributed by atoms with E-state index < -0.39 is 11.2 Å². The van der Waals surface area contributed by atoms with Crippen molar-refractivity contribution < 1.29 is 4.79 Å². The van der Waals surface area contributed by atoms with E-state index in [4.69, 9.17) is 11.6 Å². The number of hydrogen-bond donors (Lipinski definition) is 1. The van der Waals surface area contributed by atoms with E-state index in [-0.39, 0.29) is 18.4 Å². The Hall–Kier alpha value is -2.86. The molecule has 0 radical (unpaired) electrons. The molecule has 144 valence electrons. The zero-order valence-electron chi connectivity index (χ0n) is 15.4. The van der Waals surface area contributed by atoms with Crippen molar-refractivity contribution in [3.63, 3.8) is 0 Å². The van der Waals surface area contributed by atoms with Crippen LogP contribution in [-0.2, 0) is 17.8 Å². The molecule has 0 spiro atoms. The van der Waals surface area contributed by atoms with Crippen LogP contribution in [0.1, 0.15) is 24.0 Å². The molecule has 1 unspecified atom stereocenters. The third-order valence-electron chi connectivity index (χ3n) is 5.34. The zero-order valence-corrected chi connectivity index (χ0v) is 16.2. The predicted octanol–water partition coefficient (Wildman–Crippen LogP) is 2.53. The summed E-state index contributed by atoms with van der Waals surface area (Å²) < 4.78 is 1.33. The average molecular weight is 398 g/mol. The number of aromatic nitrogens is 2. The van der Waals surface area contributed by atoms with Gasteiger partial charge in [-0.15, -0.1) is 0 Å². The molecule has 1 aliphatic rings. The fraction of sp³-hybridized carbons (Fsp3) is 0.286. The van der Waals surface area contributed by atoms with Crippen molar-refractivity contribution in [2.45, 2.75) is 25.8 Å². The summed E-state index contributed by atoms with van der Waals surface area (Å²) in [5.41, 5.74) is 1.80. The average Bonchev–Trinajstić information content (AvgIpc) is 2.84. The number of nitrogens with zero attached hydrogens (tertiary/aromatic N) is 2. The molecule has 1 atom stereocenters. The number of fused-ring (bicyclic) bond motifs is 2. The van der Waals surface area contributed by atoms with Gasteiger partial charge in [0.15, 0.2) is 0 Å². The Labute approximate surface area is 166 Å². The molecule has 0 bridgehead atoms. The fourth-order valence-electron chi connectivity index (χ4n) is 3.89. The largest absolute Gasteiger partial charge is 0.340 e. The number of carbonyl (C=O) groups excluding carboxylic acids is 1. The third-order valence-corrected chi connectivity index (χ3v) is 5.57. The molecule has 28 heavy (non-hydrogen) atoms. The highest BCUT2D eigenvalue weighted by Gasteiger charge is 2.24. The molecule has 3 aromatic rings. The molecule has 0 aliphatic carbocycles. The molecule has 1 aliphatic heterocycles. The summed E-state index contributed by atoms with van der Waals surface area (Å²) >= 11 is 6.14. The van der Waals surface area contributed by atoms with E-state index >= 15 is 0 Å². The summed E-state index contributed by atoms with van der Waals surface area (Å²) in [6.07, 6.45) is 0.740. The monoisotopic (exact) mass is 397 g/mol. The van der Waals surface area contributed by atoms with Gasteiger partial charge in [-0.1, -0.05) is 36.7 Å². The van der Waals surface area contributed by atoms with Gasteiger partial charge in [0.05, 0.1) is 10.9 Å². The number of carbonyl (C=O) groups is 1. The molecule has 4 rings (SSSR count). The number of halogens is 1. The van der Waals surface area contributed by atoms with Crippen LogP contribution in [0, 0.1) is 0 Å². The number of hydrogen-bond acceptors (Lipinski definition) is 3. The molecular weight excluding hydrogens is 378 g/mol. The number of para-hydroxylation sites is 1. The summed E-state index contributed by atoms with van der Waals surface area (Å²) in [5, 5.41) is 1.08. The van der Waals surface area contributed by atoms with Crippen LogP contribution in [0.3, 0.4) is 0 Å². The Bertz CT molecular complexity index is 1180. The van der Waals surface area contributed by atoms with Crippen molar-refractivity contribution in [3.8, 4) is 0 Å². The topological polar surface area (TPSA) is 75.2 Å². The maximum atomic E-state index is 13.0. The predicted molar refractivity (Wildman–Crippen MR) is 109 cm³/mol. The summed E-state index contributed by atoms with van der Waals surface area (Å²) in [7, 11) is 0. The Morgan fingerprint density at radius 2 is 2.00 bits per heavy atom. The van der Waals surface area contributed by atoms with Crippen molar-refractivity contribution in [1.82, 2.24) is 14.5 Å². The third kappa shape index (κ3) is 3.36. The first kappa shape index (κ1) is 18.5. The lowest BCUT2D eigenvalue weighted by atomic mass is 9.95. The lowest BCUT2D eigenvalue weighted by Crippen LogP contribution is -2.40. The van der Waals surface area contributed by atoms with Crippen LogP contribution in [0.25, 0.3) is 10.9 Å². The minimum absolute atomic E-state index is 0.111. The number of rotatable bonds is 2. The van der Waals surface area contributed by atoms with Gasteiger partial charge >= 0.3 is 5.69 Å². The summed E-state index contributed by atoms with van der Waals surface area (Å²) in [6.45, 7) is 3.10. The van der Waals surface area contributed by atoms with Crippen molar-refractivity contribution >= 4 is 28.4 Å². The summed E-state index contributed by atoms with van der Waals surface area (Å²) in [5.74, 6) is -0.00532. The van der Waals surface area contributed by atoms with E-state index in [0.717, 1.165) is 12.0 Å². The van der Waals surface area contributed by atoms with Crippen LogP contribution in [0.2, 0.25) is 5.02 Å². The summed E-state index contributed by atoms with van der Waals surface area (Å²) in [6, 6.07) is 12.7. The van der Waals surface area contributed by atoms with E-state index in [1.165, 1.54) is 10.1 Å². The van der Waals surface area contributed by atoms with Gasteiger partial charge in [-0.3, -0.25) is 19.1 Å². The molecule has 0 saturated heterocycles. The van der Waals surface area contributed by atoms with Gasteiger partial charge in [0.2, 0.25) is 5.91 Å². The van der Waals surface area contributed by atoms with Crippen molar-refractivity contribution in [2.75, 3.05) is 13.1 Å². The van der Waals surface area contributed by atoms with Gasteiger partial charge in [0.25, 0.3) is 5.56 Å². The number of nitrogens with one attached hydrogen (secondary N) is 1. The van der Waals surface area contributed by atoms with Gasteiger partial charge in [-0.05, 0) is 47.7 Å². The SMILES string of the molecule is CC1CN(C(=O)Cn2c(=O)[nH]c(=O)c3ccccc32)CCc2ccc(Cl)cc21. The quantitative estimate of drug-likeness (QED) is 0.722. The number of amides is 1. The van der Waals surface area contributed by atoms with Crippen molar-refractivity contribution in [2.24, 2.45) is 0 Å². The van der Waals surface area contributed by atoms with Crippen molar-refractivity contribution in [1.29, 1.82) is 0 Å². The molecule has 6 nitrogen and oxygen atoms in total. The maximum Gasteiger partial charge on any atom is 0.329 e. The fourth-order valence-corrected chi connectivity index (χ4v) is 4.07. The molecule has 1 aromatic heterocycles. The minimum Gasteiger partial charge on any atom is -0.340 e. The molecule has 0 fully saturated rings. The van der Waals surface area contributed by atoms with Gasteiger partial charge in [0, 0.05) is 18.1 Å². The minimum atomic E-state index is -0.574. The second kappa shape index (κ2) is 7.28. The van der Waals surface area contributed by atoms with Crippen LogP contribution >= 0.6 is 11.6 Å². The van der Waals surface area contributed by atoms with Gasteiger partial charge in [-0.25, -0.2) is 4.79 Å². The lowest BCUT2D eigenvalue weighted by Gasteiger charge is -2.24. The van der Waals surface area contributed by atoms with Crippen LogP contribution in [0.4, 0.5) is 0 Å². The van der Waals surface area contributed by atoms with E-state index in [9.17, 15) is 14.4 Å². The number of H-pyrrole nitrogens is 1. The Kier molecular flexibility index (Phi) is 4.81. The molecular formula is C21H20ClN3O3. The Balaban J connectivity index is 1.63. The van der Waals surface area contributed by atoms with Gasteiger partial charge < -0.3 is 4.90 Å². The first-order valence-electron chi connectivity index (χ1n) is 9.22. The molecule has 0 saturated carbocycles. The van der Waals surface area contributed by atoms with Crippen LogP contribution in [0.15, 0.2) is 52.1 Å². The first-order chi connectivity index (χ1) is 13.4. The van der Waals surface area contributed by atoms with Crippen molar-refractivity contribution in [3.05, 3.63) is 79.5 Å². The van der Waals surface area contributed by atoms with E-state index in [1.807, 2.05) is 18.2 Å². The Morgan fingerprint density at radius 1 is 1.21 bits per heavy atom. The first-order valence-corrected chi connectivity index (χ1v) is 9.60. The van der Waals surface area contributed by atoms with Crippen LogP contribution in [-0.4, -0.2) is 33.4 Å². The van der Waals surface area contributed by atoms with E-state index in [2.05, 4.69) is 11.9 Å². The second-order valence-electron chi connectivity index (χ2n) is 7.20. The summed E-state index contributed by atoms with van der Waals surface area (Å²) in [4.78, 5) is 41.4. The number of aromatic amines is 1. The molecule has 2 aromatic carbocycles. The second-order valence-corrected chi connectivity index (χ2v) is 7.63. The highest BCUT2D eigenvalue weighted by molar-refractivity contribution is 6.30. The van der Waals surface area contributed by atoms with Gasteiger partial charge in [0.1, 0.15) is 6.54 Å².